The zero-order valence-corrected chi connectivity index (χ0v) is 14.6. The lowest BCUT2D eigenvalue weighted by Crippen LogP contribution is -2.18. The van der Waals surface area contributed by atoms with Crippen molar-refractivity contribution in [2.45, 2.75) is 27.0 Å². The maximum Gasteiger partial charge on any atom is 0.120 e. The van der Waals surface area contributed by atoms with E-state index < -0.39 is 0 Å². The van der Waals surface area contributed by atoms with Gasteiger partial charge in [0.1, 0.15) is 12.4 Å². The van der Waals surface area contributed by atoms with Crippen LogP contribution < -0.4 is 10.1 Å². The maximum absolute atomic E-state index is 5.87. The lowest BCUT2D eigenvalue weighted by Gasteiger charge is -2.10. The number of halogens is 2. The summed E-state index contributed by atoms with van der Waals surface area (Å²) in [7, 11) is 0. The Morgan fingerprint density at radius 3 is 2.45 bits per heavy atom. The summed E-state index contributed by atoms with van der Waals surface area (Å²) in [5.41, 5.74) is 2.35. The number of hydrogen-bond acceptors (Lipinski definition) is 2. The molecule has 22 heavy (non-hydrogen) atoms. The van der Waals surface area contributed by atoms with Crippen molar-refractivity contribution < 1.29 is 4.74 Å². The Morgan fingerprint density at radius 1 is 1.05 bits per heavy atom. The molecule has 0 fully saturated rings. The molecule has 0 saturated carbocycles. The first kappa shape index (κ1) is 18.8. The average molecular weight is 340 g/mol. The molecule has 2 aromatic rings. The first-order valence-electron chi connectivity index (χ1n) is 7.30. The van der Waals surface area contributed by atoms with Gasteiger partial charge in [-0.3, -0.25) is 0 Å². The van der Waals surface area contributed by atoms with E-state index in [4.69, 9.17) is 16.3 Å². The van der Waals surface area contributed by atoms with Gasteiger partial charge in [-0.1, -0.05) is 49.7 Å². The molecule has 0 amide bonds. The molecule has 2 aromatic carbocycles. The van der Waals surface area contributed by atoms with Gasteiger partial charge in [-0.25, -0.2) is 0 Å². The highest BCUT2D eigenvalue weighted by atomic mass is 35.5. The van der Waals surface area contributed by atoms with Gasteiger partial charge in [0.25, 0.3) is 0 Å². The fraction of sp³-hybridized carbons (Fsp3) is 0.333. The molecule has 2 nitrogen and oxygen atoms in total. The first-order valence-corrected chi connectivity index (χ1v) is 7.68. The monoisotopic (exact) mass is 339 g/mol. The summed E-state index contributed by atoms with van der Waals surface area (Å²) in [6, 6.07) is 15.9. The molecule has 0 aliphatic rings. The SMILES string of the molecule is CC(C)CNCc1cccc(OCc2ccc(Cl)cc2)c1.Cl. The largest absolute Gasteiger partial charge is 0.489 e. The van der Waals surface area contributed by atoms with E-state index in [1.54, 1.807) is 0 Å². The van der Waals surface area contributed by atoms with Crippen molar-refractivity contribution >= 4 is 24.0 Å². The van der Waals surface area contributed by atoms with E-state index in [1.165, 1.54) is 5.56 Å². The third-order valence-electron chi connectivity index (χ3n) is 3.10. The van der Waals surface area contributed by atoms with Crippen molar-refractivity contribution in [2.75, 3.05) is 6.54 Å². The molecule has 0 atom stereocenters. The van der Waals surface area contributed by atoms with Crippen LogP contribution in [0, 0.1) is 5.92 Å². The summed E-state index contributed by atoms with van der Waals surface area (Å²) in [5, 5.41) is 4.19. The Labute approximate surface area is 144 Å². The van der Waals surface area contributed by atoms with Gasteiger partial charge in [0.15, 0.2) is 0 Å². The van der Waals surface area contributed by atoms with E-state index in [0.29, 0.717) is 12.5 Å². The fourth-order valence-corrected chi connectivity index (χ4v) is 2.12. The summed E-state index contributed by atoms with van der Waals surface area (Å²) in [4.78, 5) is 0. The minimum Gasteiger partial charge on any atom is -0.489 e. The van der Waals surface area contributed by atoms with Crippen LogP contribution in [0.3, 0.4) is 0 Å². The van der Waals surface area contributed by atoms with Gasteiger partial charge in [0, 0.05) is 11.6 Å². The Hall–Kier alpha value is -1.22. The fourth-order valence-electron chi connectivity index (χ4n) is 2.00. The minimum atomic E-state index is 0. The van der Waals surface area contributed by atoms with Crippen LogP contribution in [0.5, 0.6) is 5.75 Å². The average Bonchev–Trinajstić information content (AvgIpc) is 2.47. The summed E-state index contributed by atoms with van der Waals surface area (Å²) in [6.07, 6.45) is 0. The smallest absolute Gasteiger partial charge is 0.120 e. The number of rotatable bonds is 7. The van der Waals surface area contributed by atoms with Crippen molar-refractivity contribution in [3.63, 3.8) is 0 Å². The number of hydrogen-bond donors (Lipinski definition) is 1. The van der Waals surface area contributed by atoms with Crippen molar-refractivity contribution in [3.8, 4) is 5.75 Å². The number of benzene rings is 2. The second-order valence-corrected chi connectivity index (χ2v) is 6.02. The topological polar surface area (TPSA) is 21.3 Å². The highest BCUT2D eigenvalue weighted by Crippen LogP contribution is 2.16. The lowest BCUT2D eigenvalue weighted by atomic mass is 10.2. The van der Waals surface area contributed by atoms with Gasteiger partial charge in [0.05, 0.1) is 0 Å². The van der Waals surface area contributed by atoms with Crippen LogP contribution >= 0.6 is 24.0 Å². The summed E-state index contributed by atoms with van der Waals surface area (Å²) in [5.74, 6) is 1.56. The van der Waals surface area contributed by atoms with Crippen molar-refractivity contribution in [1.29, 1.82) is 0 Å². The normalized spacial score (nSPS) is 10.4. The third kappa shape index (κ3) is 6.69. The molecule has 0 heterocycles. The molecular weight excluding hydrogens is 317 g/mol. The second-order valence-electron chi connectivity index (χ2n) is 5.59. The molecule has 0 aliphatic heterocycles. The number of ether oxygens (including phenoxy) is 1. The van der Waals surface area contributed by atoms with E-state index in [2.05, 4.69) is 31.3 Å². The summed E-state index contributed by atoms with van der Waals surface area (Å²) >= 11 is 5.87. The zero-order valence-electron chi connectivity index (χ0n) is 13.0. The van der Waals surface area contributed by atoms with Gasteiger partial charge >= 0.3 is 0 Å². The van der Waals surface area contributed by atoms with Gasteiger partial charge in [0.2, 0.25) is 0 Å². The van der Waals surface area contributed by atoms with Crippen LogP contribution in [0.2, 0.25) is 5.02 Å². The Bertz CT molecular complexity index is 555. The molecule has 120 valence electrons. The second kappa shape index (κ2) is 9.73. The molecule has 4 heteroatoms. The predicted molar refractivity (Wildman–Crippen MR) is 96.0 cm³/mol. The van der Waals surface area contributed by atoms with Crippen molar-refractivity contribution in [1.82, 2.24) is 5.32 Å². The van der Waals surface area contributed by atoms with Crippen LogP contribution in [0.25, 0.3) is 0 Å². The molecule has 0 spiro atoms. The highest BCUT2D eigenvalue weighted by Gasteiger charge is 2.00. The van der Waals surface area contributed by atoms with Crippen LogP contribution in [0.15, 0.2) is 48.5 Å². The quantitative estimate of drug-likeness (QED) is 0.758. The zero-order chi connectivity index (χ0) is 15.1. The van der Waals surface area contributed by atoms with Crippen molar-refractivity contribution in [2.24, 2.45) is 5.92 Å². The van der Waals surface area contributed by atoms with Gasteiger partial charge in [-0.05, 0) is 47.9 Å². The first-order chi connectivity index (χ1) is 10.1. The standard InChI is InChI=1S/C18H22ClNO.ClH/c1-14(2)11-20-12-16-4-3-5-18(10-16)21-13-15-6-8-17(19)9-7-15;/h3-10,14,20H,11-13H2,1-2H3;1H. The van der Waals surface area contributed by atoms with Crippen LogP contribution in [-0.2, 0) is 13.2 Å². The molecule has 1 N–H and O–H groups in total. The Balaban J connectivity index is 0.00000242. The third-order valence-corrected chi connectivity index (χ3v) is 3.35. The van der Waals surface area contributed by atoms with Crippen LogP contribution in [-0.4, -0.2) is 6.54 Å². The number of nitrogens with one attached hydrogen (secondary N) is 1. The molecular formula is C18H23Cl2NO. The molecule has 0 saturated heterocycles. The van der Waals surface area contributed by atoms with Crippen LogP contribution in [0.4, 0.5) is 0 Å². The Morgan fingerprint density at radius 2 is 1.77 bits per heavy atom. The minimum absolute atomic E-state index is 0. The van der Waals surface area contributed by atoms with Gasteiger partial charge < -0.3 is 10.1 Å². The molecule has 0 radical (unpaired) electrons. The van der Waals surface area contributed by atoms with E-state index in [9.17, 15) is 0 Å². The van der Waals surface area contributed by atoms with Crippen molar-refractivity contribution in [3.05, 3.63) is 64.7 Å². The van der Waals surface area contributed by atoms with E-state index >= 15 is 0 Å². The summed E-state index contributed by atoms with van der Waals surface area (Å²) < 4.78 is 5.83. The molecule has 2 rings (SSSR count). The van der Waals surface area contributed by atoms with E-state index in [-0.39, 0.29) is 12.4 Å². The van der Waals surface area contributed by atoms with Gasteiger partial charge in [-0.15, -0.1) is 12.4 Å². The highest BCUT2D eigenvalue weighted by molar-refractivity contribution is 6.30. The molecule has 0 bridgehead atoms. The van der Waals surface area contributed by atoms with Gasteiger partial charge in [-0.2, -0.15) is 0 Å². The Kier molecular flexibility index (Phi) is 8.32. The lowest BCUT2D eigenvalue weighted by molar-refractivity contribution is 0.306. The molecule has 0 aliphatic carbocycles. The van der Waals surface area contributed by atoms with E-state index in [0.717, 1.165) is 29.4 Å². The van der Waals surface area contributed by atoms with Crippen LogP contribution in [0.1, 0.15) is 25.0 Å². The molecule has 0 aromatic heterocycles. The summed E-state index contributed by atoms with van der Waals surface area (Å²) in [6.45, 7) is 6.86. The van der Waals surface area contributed by atoms with E-state index in [1.807, 2.05) is 36.4 Å². The molecule has 0 unspecified atom stereocenters. The predicted octanol–water partition coefficient (Wildman–Crippen LogP) is 5.09. The maximum atomic E-state index is 5.87.